The van der Waals surface area contributed by atoms with Gasteiger partial charge in [0, 0.05) is 32.1 Å². The van der Waals surface area contributed by atoms with Gasteiger partial charge in [-0.05, 0) is 24.6 Å². The van der Waals surface area contributed by atoms with Crippen molar-refractivity contribution in [3.8, 4) is 0 Å². The van der Waals surface area contributed by atoms with Gasteiger partial charge in [-0.3, -0.25) is 0 Å². The van der Waals surface area contributed by atoms with Gasteiger partial charge in [-0.25, -0.2) is 12.7 Å². The van der Waals surface area contributed by atoms with Crippen LogP contribution in [0.1, 0.15) is 25.5 Å². The summed E-state index contributed by atoms with van der Waals surface area (Å²) >= 11 is 0. The first-order valence-electron chi connectivity index (χ1n) is 7.08. The van der Waals surface area contributed by atoms with Crippen molar-refractivity contribution in [2.24, 2.45) is 5.41 Å². The Morgan fingerprint density at radius 3 is 2.29 bits per heavy atom. The second-order valence-electron chi connectivity index (χ2n) is 6.26. The lowest BCUT2D eigenvalue weighted by atomic mass is 9.88. The topological polar surface area (TPSA) is 58.6 Å². The molecule has 1 aromatic rings. The molecule has 0 radical (unpaired) electrons. The van der Waals surface area contributed by atoms with Gasteiger partial charge in [0.2, 0.25) is 10.0 Å². The number of nitrogens with one attached hydrogen (secondary N) is 1. The van der Waals surface area contributed by atoms with E-state index in [4.69, 9.17) is 4.74 Å². The molecule has 1 aliphatic rings. The van der Waals surface area contributed by atoms with Crippen LogP contribution in [0.5, 0.6) is 0 Å². The van der Waals surface area contributed by atoms with Crippen molar-refractivity contribution in [1.29, 1.82) is 0 Å². The molecule has 0 aromatic heterocycles. The van der Waals surface area contributed by atoms with E-state index < -0.39 is 10.0 Å². The van der Waals surface area contributed by atoms with Crippen molar-refractivity contribution in [1.82, 2.24) is 9.62 Å². The van der Waals surface area contributed by atoms with Crippen LogP contribution in [0.25, 0.3) is 0 Å². The second kappa shape index (κ2) is 6.04. The van der Waals surface area contributed by atoms with Gasteiger partial charge >= 0.3 is 0 Å². The molecular weight excluding hydrogens is 288 g/mol. The molecule has 21 heavy (non-hydrogen) atoms. The molecule has 0 spiro atoms. The monoisotopic (exact) mass is 312 g/mol. The number of benzene rings is 1. The summed E-state index contributed by atoms with van der Waals surface area (Å²) in [6, 6.07) is 7.24. The molecule has 1 fully saturated rings. The molecule has 1 N–H and O–H groups in total. The quantitative estimate of drug-likeness (QED) is 0.867. The average molecular weight is 312 g/mol. The van der Waals surface area contributed by atoms with Gasteiger partial charge in [-0.2, -0.15) is 0 Å². The molecule has 118 valence electrons. The molecule has 1 aliphatic heterocycles. The van der Waals surface area contributed by atoms with Gasteiger partial charge in [-0.1, -0.05) is 19.1 Å². The first kappa shape index (κ1) is 16.4. The number of rotatable bonds is 6. The first-order chi connectivity index (χ1) is 9.74. The molecule has 1 heterocycles. The van der Waals surface area contributed by atoms with Crippen LogP contribution >= 0.6 is 0 Å². The lowest BCUT2D eigenvalue weighted by Crippen LogP contribution is -2.47. The number of hydrogen-bond donors (Lipinski definition) is 1. The minimum Gasteiger partial charge on any atom is -0.380 e. The van der Waals surface area contributed by atoms with Crippen molar-refractivity contribution < 1.29 is 13.2 Å². The molecule has 6 heteroatoms. The molecule has 0 amide bonds. The minimum absolute atomic E-state index is 0.179. The molecule has 5 nitrogen and oxygen atoms in total. The predicted molar refractivity (Wildman–Crippen MR) is 82.7 cm³/mol. The molecule has 0 saturated carbocycles. The summed E-state index contributed by atoms with van der Waals surface area (Å²) in [5, 5.41) is 3.48. The van der Waals surface area contributed by atoms with E-state index in [0.29, 0.717) is 4.90 Å². The molecule has 1 saturated heterocycles. The highest BCUT2D eigenvalue weighted by molar-refractivity contribution is 7.89. The third-order valence-electron chi connectivity index (χ3n) is 3.89. The number of ether oxygens (including phenoxy) is 1. The van der Waals surface area contributed by atoms with Crippen LogP contribution in [0, 0.1) is 5.41 Å². The SMILES string of the molecule is CC(NCC1(C)COC1)c1ccc(S(=O)(=O)N(C)C)cc1. The van der Waals surface area contributed by atoms with Crippen LogP contribution in [0.3, 0.4) is 0 Å². The van der Waals surface area contributed by atoms with E-state index in [2.05, 4.69) is 19.2 Å². The highest BCUT2D eigenvalue weighted by Crippen LogP contribution is 2.26. The predicted octanol–water partition coefficient (Wildman–Crippen LogP) is 1.62. The standard InChI is InChI=1S/C15H24N2O3S/c1-12(16-9-15(2)10-20-11-15)13-5-7-14(8-6-13)21(18,19)17(3)4/h5-8,12,16H,9-11H2,1-4H3. The maximum absolute atomic E-state index is 12.0. The fourth-order valence-corrected chi connectivity index (χ4v) is 3.11. The number of hydrogen-bond acceptors (Lipinski definition) is 4. The summed E-state index contributed by atoms with van der Waals surface area (Å²) in [6.07, 6.45) is 0. The molecule has 2 rings (SSSR count). The third kappa shape index (κ3) is 3.63. The third-order valence-corrected chi connectivity index (χ3v) is 5.72. The van der Waals surface area contributed by atoms with Crippen molar-refractivity contribution in [3.05, 3.63) is 29.8 Å². The first-order valence-corrected chi connectivity index (χ1v) is 8.52. The van der Waals surface area contributed by atoms with E-state index in [1.165, 1.54) is 18.4 Å². The van der Waals surface area contributed by atoms with Crippen LogP contribution in [-0.2, 0) is 14.8 Å². The Kier molecular flexibility index (Phi) is 4.72. The molecular formula is C15H24N2O3S. The zero-order chi connectivity index (χ0) is 15.7. The van der Waals surface area contributed by atoms with Crippen LogP contribution in [0.4, 0.5) is 0 Å². The average Bonchev–Trinajstić information content (AvgIpc) is 2.42. The Balaban J connectivity index is 2.01. The molecule has 1 atom stereocenters. The van der Waals surface area contributed by atoms with E-state index in [9.17, 15) is 8.42 Å². The summed E-state index contributed by atoms with van der Waals surface area (Å²) < 4.78 is 30.5. The van der Waals surface area contributed by atoms with E-state index in [0.717, 1.165) is 25.3 Å². The largest absolute Gasteiger partial charge is 0.380 e. The Morgan fingerprint density at radius 1 is 1.29 bits per heavy atom. The van der Waals surface area contributed by atoms with Crippen LogP contribution in [0.2, 0.25) is 0 Å². The van der Waals surface area contributed by atoms with Crippen LogP contribution in [-0.4, -0.2) is 46.6 Å². The zero-order valence-electron chi connectivity index (χ0n) is 13.1. The maximum Gasteiger partial charge on any atom is 0.242 e. The van der Waals surface area contributed by atoms with Crippen molar-refractivity contribution >= 4 is 10.0 Å². The van der Waals surface area contributed by atoms with Crippen molar-refractivity contribution in [3.63, 3.8) is 0 Å². The van der Waals surface area contributed by atoms with Crippen molar-refractivity contribution in [2.75, 3.05) is 33.9 Å². The van der Waals surface area contributed by atoms with Gasteiger partial charge < -0.3 is 10.1 Å². The van der Waals surface area contributed by atoms with Gasteiger partial charge in [-0.15, -0.1) is 0 Å². The summed E-state index contributed by atoms with van der Waals surface area (Å²) in [5.41, 5.74) is 1.30. The van der Waals surface area contributed by atoms with Gasteiger partial charge in [0.15, 0.2) is 0 Å². The molecule has 0 aliphatic carbocycles. The Labute approximate surface area is 127 Å². The smallest absolute Gasteiger partial charge is 0.242 e. The Hall–Kier alpha value is -0.950. The van der Waals surface area contributed by atoms with E-state index >= 15 is 0 Å². The molecule has 1 aromatic carbocycles. The van der Waals surface area contributed by atoms with E-state index in [-0.39, 0.29) is 11.5 Å². The molecule has 1 unspecified atom stereocenters. The lowest BCUT2D eigenvalue weighted by molar-refractivity contribution is -0.0999. The summed E-state index contributed by atoms with van der Waals surface area (Å²) in [7, 11) is -0.280. The minimum atomic E-state index is -3.35. The van der Waals surface area contributed by atoms with Gasteiger partial charge in [0.1, 0.15) is 0 Å². The number of nitrogens with zero attached hydrogens (tertiary/aromatic N) is 1. The number of sulfonamides is 1. The van der Waals surface area contributed by atoms with E-state index in [1.807, 2.05) is 12.1 Å². The normalized spacial score (nSPS) is 19.3. The van der Waals surface area contributed by atoms with Crippen LogP contribution in [0.15, 0.2) is 29.2 Å². The highest BCUT2D eigenvalue weighted by Gasteiger charge is 2.33. The second-order valence-corrected chi connectivity index (χ2v) is 8.41. The van der Waals surface area contributed by atoms with Gasteiger partial charge in [0.25, 0.3) is 0 Å². The highest BCUT2D eigenvalue weighted by atomic mass is 32.2. The fourth-order valence-electron chi connectivity index (χ4n) is 2.21. The van der Waals surface area contributed by atoms with Gasteiger partial charge in [0.05, 0.1) is 18.1 Å². The molecule has 0 bridgehead atoms. The Bertz CT molecular complexity index is 577. The van der Waals surface area contributed by atoms with Crippen molar-refractivity contribution in [2.45, 2.75) is 24.8 Å². The zero-order valence-corrected chi connectivity index (χ0v) is 13.9. The van der Waals surface area contributed by atoms with Crippen LogP contribution < -0.4 is 5.32 Å². The maximum atomic E-state index is 12.0. The summed E-state index contributed by atoms with van der Waals surface area (Å²) in [4.78, 5) is 0.322. The summed E-state index contributed by atoms with van der Waals surface area (Å²) in [6.45, 7) is 6.77. The lowest BCUT2D eigenvalue weighted by Gasteiger charge is -2.39. The fraction of sp³-hybridized carbons (Fsp3) is 0.600. The Morgan fingerprint density at radius 2 is 1.86 bits per heavy atom. The van der Waals surface area contributed by atoms with E-state index in [1.54, 1.807) is 12.1 Å². The summed E-state index contributed by atoms with van der Waals surface area (Å²) in [5.74, 6) is 0.